The smallest absolute Gasteiger partial charge is 0.304 e. The van der Waals surface area contributed by atoms with Crippen molar-refractivity contribution in [1.29, 1.82) is 0 Å². The molecule has 10 atom stereocenters. The van der Waals surface area contributed by atoms with Crippen molar-refractivity contribution in [3.8, 4) is 0 Å². The molecule has 4 aliphatic rings. The molecule has 0 spiro atoms. The van der Waals surface area contributed by atoms with Crippen molar-refractivity contribution in [2.75, 3.05) is 0 Å². The summed E-state index contributed by atoms with van der Waals surface area (Å²) in [4.78, 5) is 48.7. The summed E-state index contributed by atoms with van der Waals surface area (Å²) in [6, 6.07) is 0. The van der Waals surface area contributed by atoms with E-state index in [1.54, 1.807) is 0 Å². The van der Waals surface area contributed by atoms with Crippen molar-refractivity contribution >= 4 is 23.9 Å². The molecule has 208 valence electrons. The zero-order valence-corrected chi connectivity index (χ0v) is 23.3. The second-order valence-electron chi connectivity index (χ2n) is 12.8. The number of carbonyl (C=O) groups excluding carboxylic acids is 4. The van der Waals surface area contributed by atoms with Gasteiger partial charge in [0.05, 0.1) is 5.92 Å². The van der Waals surface area contributed by atoms with Crippen LogP contribution in [0, 0.1) is 39.9 Å². The summed E-state index contributed by atoms with van der Waals surface area (Å²) < 4.78 is 29.3. The third-order valence-electron chi connectivity index (χ3n) is 9.84. The Balaban J connectivity index is 1.87. The predicted octanol–water partition coefficient (Wildman–Crippen LogP) is 4.15. The maximum atomic E-state index is 12.3. The molecule has 4 rings (SSSR count). The van der Waals surface area contributed by atoms with E-state index in [1.807, 2.05) is 0 Å². The number of ether oxygens (including phenoxy) is 5. The summed E-state index contributed by atoms with van der Waals surface area (Å²) in [5.74, 6) is -2.62. The topological polar surface area (TPSA) is 114 Å². The molecular formula is C28H42O9. The van der Waals surface area contributed by atoms with E-state index in [2.05, 4.69) is 27.7 Å². The van der Waals surface area contributed by atoms with Crippen molar-refractivity contribution in [3.05, 3.63) is 0 Å². The Morgan fingerprint density at radius 2 is 1.24 bits per heavy atom. The molecule has 9 nitrogen and oxygen atoms in total. The van der Waals surface area contributed by atoms with Gasteiger partial charge in [0.15, 0.2) is 0 Å². The highest BCUT2D eigenvalue weighted by molar-refractivity contribution is 5.67. The maximum absolute atomic E-state index is 12.3. The lowest BCUT2D eigenvalue weighted by Gasteiger charge is -2.68. The molecule has 3 saturated carbocycles. The summed E-state index contributed by atoms with van der Waals surface area (Å²) in [7, 11) is 0. The first-order chi connectivity index (χ1) is 17.1. The number of hydrogen-bond donors (Lipinski definition) is 0. The van der Waals surface area contributed by atoms with Gasteiger partial charge in [-0.15, -0.1) is 0 Å². The van der Waals surface area contributed by atoms with Crippen LogP contribution in [-0.4, -0.2) is 48.7 Å². The van der Waals surface area contributed by atoms with Gasteiger partial charge in [0.25, 0.3) is 0 Å². The number of fused-ring (bicyclic) bond motifs is 5. The van der Waals surface area contributed by atoms with Crippen LogP contribution < -0.4 is 0 Å². The molecule has 0 aromatic carbocycles. The Morgan fingerprint density at radius 3 is 1.81 bits per heavy atom. The highest BCUT2D eigenvalue weighted by Gasteiger charge is 2.72. The molecule has 0 aromatic heterocycles. The SMILES string of the molecule is CC(=O)OC1CC2C(C)(CC(OC(C)=O)C3C(C)(C)CCCC32C)C2C(OC(C)=O)OC(OC(C)=O)C12. The Bertz CT molecular complexity index is 959. The fourth-order valence-electron chi connectivity index (χ4n) is 9.20. The van der Waals surface area contributed by atoms with E-state index in [9.17, 15) is 19.2 Å². The number of rotatable bonds is 4. The monoisotopic (exact) mass is 522 g/mol. The zero-order chi connectivity index (χ0) is 27.5. The molecule has 4 fully saturated rings. The fraction of sp³-hybridized carbons (Fsp3) is 0.857. The van der Waals surface area contributed by atoms with E-state index in [0.29, 0.717) is 12.8 Å². The van der Waals surface area contributed by atoms with Crippen LogP contribution >= 0.6 is 0 Å². The number of esters is 4. The quantitative estimate of drug-likeness (QED) is 0.397. The minimum absolute atomic E-state index is 0.0553. The summed E-state index contributed by atoms with van der Waals surface area (Å²) in [6.45, 7) is 14.3. The van der Waals surface area contributed by atoms with Gasteiger partial charge in [-0.25, -0.2) is 0 Å². The van der Waals surface area contributed by atoms with Crippen LogP contribution in [0.3, 0.4) is 0 Å². The molecule has 0 amide bonds. The molecule has 37 heavy (non-hydrogen) atoms. The van der Waals surface area contributed by atoms with E-state index >= 15 is 0 Å². The minimum atomic E-state index is -1.03. The lowest BCUT2D eigenvalue weighted by atomic mass is 9.37. The van der Waals surface area contributed by atoms with Gasteiger partial charge in [-0.3, -0.25) is 19.2 Å². The van der Waals surface area contributed by atoms with E-state index in [-0.39, 0.29) is 34.7 Å². The van der Waals surface area contributed by atoms with Crippen molar-refractivity contribution in [2.45, 2.75) is 112 Å². The van der Waals surface area contributed by atoms with Crippen molar-refractivity contribution < 1.29 is 42.9 Å². The van der Waals surface area contributed by atoms with Gasteiger partial charge in [0, 0.05) is 39.5 Å². The van der Waals surface area contributed by atoms with E-state index in [4.69, 9.17) is 23.7 Å². The van der Waals surface area contributed by atoms with Crippen LogP contribution in [-0.2, 0) is 42.9 Å². The molecule has 0 aromatic rings. The van der Waals surface area contributed by atoms with Gasteiger partial charge in [-0.2, -0.15) is 0 Å². The molecule has 3 aliphatic carbocycles. The van der Waals surface area contributed by atoms with Gasteiger partial charge >= 0.3 is 23.9 Å². The molecule has 9 heteroatoms. The summed E-state index contributed by atoms with van der Waals surface area (Å²) in [6.07, 6.45) is 1.16. The van der Waals surface area contributed by atoms with E-state index in [1.165, 1.54) is 27.7 Å². The summed E-state index contributed by atoms with van der Waals surface area (Å²) in [5.41, 5.74) is -0.822. The predicted molar refractivity (Wildman–Crippen MR) is 130 cm³/mol. The Kier molecular flexibility index (Phi) is 7.19. The average Bonchev–Trinajstić information content (AvgIpc) is 3.05. The summed E-state index contributed by atoms with van der Waals surface area (Å²) in [5, 5.41) is 0. The zero-order valence-electron chi connectivity index (χ0n) is 23.3. The first kappa shape index (κ1) is 27.9. The van der Waals surface area contributed by atoms with Crippen molar-refractivity contribution in [3.63, 3.8) is 0 Å². The molecule has 0 radical (unpaired) electrons. The van der Waals surface area contributed by atoms with Crippen LogP contribution in [0.1, 0.15) is 87.5 Å². The third-order valence-corrected chi connectivity index (χ3v) is 9.84. The van der Waals surface area contributed by atoms with Gasteiger partial charge in [0.1, 0.15) is 12.2 Å². The second-order valence-corrected chi connectivity index (χ2v) is 12.8. The van der Waals surface area contributed by atoms with Crippen molar-refractivity contribution in [1.82, 2.24) is 0 Å². The van der Waals surface area contributed by atoms with Crippen LogP contribution in [0.15, 0.2) is 0 Å². The minimum Gasteiger partial charge on any atom is -0.462 e. The first-order valence-corrected chi connectivity index (χ1v) is 13.4. The van der Waals surface area contributed by atoms with E-state index in [0.717, 1.165) is 19.3 Å². The molecule has 1 aliphatic heterocycles. The molecule has 1 saturated heterocycles. The van der Waals surface area contributed by atoms with Crippen LogP contribution in [0.5, 0.6) is 0 Å². The van der Waals surface area contributed by atoms with Gasteiger partial charge < -0.3 is 23.7 Å². The number of carbonyl (C=O) groups is 4. The van der Waals surface area contributed by atoms with Crippen molar-refractivity contribution in [2.24, 2.45) is 39.9 Å². The van der Waals surface area contributed by atoms with Gasteiger partial charge in [0.2, 0.25) is 12.6 Å². The highest BCUT2D eigenvalue weighted by atomic mass is 16.8. The van der Waals surface area contributed by atoms with Crippen LogP contribution in [0.2, 0.25) is 0 Å². The normalized spacial score (nSPS) is 43.9. The average molecular weight is 523 g/mol. The van der Waals surface area contributed by atoms with Crippen LogP contribution in [0.25, 0.3) is 0 Å². The first-order valence-electron chi connectivity index (χ1n) is 13.4. The third kappa shape index (κ3) is 4.77. The second kappa shape index (κ2) is 9.54. The Labute approximate surface area is 219 Å². The molecule has 10 unspecified atom stereocenters. The van der Waals surface area contributed by atoms with Gasteiger partial charge in [-0.1, -0.05) is 34.1 Å². The molecule has 0 N–H and O–H groups in total. The largest absolute Gasteiger partial charge is 0.462 e. The van der Waals surface area contributed by atoms with Crippen LogP contribution in [0.4, 0.5) is 0 Å². The van der Waals surface area contributed by atoms with Gasteiger partial charge in [-0.05, 0) is 47.8 Å². The standard InChI is InChI=1S/C28H42O9/c1-14(29)33-18-12-20-27(7)11-9-10-26(5,6)23(27)19(34-15(2)30)13-28(20,8)22-21(18)24(35-16(3)31)37-25(22)36-17(4)32/h18-25H,9-13H2,1-8H3. The Hall–Kier alpha value is -2.16. The number of hydrogen-bond acceptors (Lipinski definition) is 9. The fourth-order valence-corrected chi connectivity index (χ4v) is 9.20. The molecular weight excluding hydrogens is 480 g/mol. The highest BCUT2D eigenvalue weighted by Crippen LogP contribution is 2.71. The van der Waals surface area contributed by atoms with E-state index < -0.39 is 53.8 Å². The summed E-state index contributed by atoms with van der Waals surface area (Å²) >= 11 is 0. The molecule has 1 heterocycles. The maximum Gasteiger partial charge on any atom is 0.304 e. The molecule has 0 bridgehead atoms. The lowest BCUT2D eigenvalue weighted by Crippen LogP contribution is -2.67. The Morgan fingerprint density at radius 1 is 0.703 bits per heavy atom. The lowest BCUT2D eigenvalue weighted by molar-refractivity contribution is -0.255.